The van der Waals surface area contributed by atoms with Gasteiger partial charge in [0.2, 0.25) is 0 Å². The lowest BCUT2D eigenvalue weighted by molar-refractivity contribution is -0.676. The number of hydrogen-bond acceptors (Lipinski definition) is 2. The lowest BCUT2D eigenvalue weighted by Gasteiger charge is -2.16. The summed E-state index contributed by atoms with van der Waals surface area (Å²) < 4.78 is 0. The summed E-state index contributed by atoms with van der Waals surface area (Å²) in [6.45, 7) is 5.08. The third-order valence-electron chi connectivity index (χ3n) is 4.25. The number of nitrogens with two attached hydrogens (primary N) is 1. The van der Waals surface area contributed by atoms with Gasteiger partial charge in [-0.3, -0.25) is 4.79 Å². The van der Waals surface area contributed by atoms with Crippen molar-refractivity contribution < 1.29 is 10.1 Å². The van der Waals surface area contributed by atoms with Gasteiger partial charge in [0.05, 0.1) is 11.4 Å². The third-order valence-corrected chi connectivity index (χ3v) is 5.21. The molecule has 4 heteroatoms. The van der Waals surface area contributed by atoms with Crippen molar-refractivity contribution in [3.63, 3.8) is 0 Å². The average molecular weight is 342 g/mol. The highest BCUT2D eigenvalue weighted by molar-refractivity contribution is 7.10. The topological polar surface area (TPSA) is 45.7 Å². The first kappa shape index (κ1) is 18.3. The van der Waals surface area contributed by atoms with Crippen LogP contribution in [-0.4, -0.2) is 19.0 Å². The second kappa shape index (κ2) is 9.27. The van der Waals surface area contributed by atoms with Crippen LogP contribution in [0.3, 0.4) is 0 Å². The van der Waals surface area contributed by atoms with Crippen LogP contribution in [0, 0.1) is 12.3 Å². The Balaban J connectivity index is 2.12. The van der Waals surface area contributed by atoms with Crippen molar-refractivity contribution in [2.45, 2.75) is 32.2 Å². The number of carbonyl (C=O) groups is 1. The third kappa shape index (κ3) is 4.95. The Morgan fingerprint density at radius 2 is 2.00 bits per heavy atom. The van der Waals surface area contributed by atoms with Crippen molar-refractivity contribution in [1.29, 1.82) is 0 Å². The molecule has 0 fully saturated rings. The molecule has 1 amide bonds. The van der Waals surface area contributed by atoms with E-state index in [1.807, 2.05) is 6.07 Å². The average Bonchev–Trinajstić information content (AvgIpc) is 3.14. The molecule has 2 rings (SSSR count). The summed E-state index contributed by atoms with van der Waals surface area (Å²) in [5, 5.41) is 6.85. The summed E-state index contributed by atoms with van der Waals surface area (Å²) in [4.78, 5) is 13.1. The molecule has 0 aliphatic carbocycles. The standard InChI is InChI=1S/C20H24N2OS/c1-4-12-21-19(23)14-22-20(18-7-6-13-24-18)17-10-8-16(9-11-17)15(3)5-2/h1,6-11,13,15,20,22H,5,12,14H2,2-3H3,(H,21,23)/p+1/t15-,20-/m0/s1. The molecule has 0 aliphatic heterocycles. The second-order valence-corrected chi connectivity index (χ2v) is 6.87. The van der Waals surface area contributed by atoms with Crippen LogP contribution in [0.5, 0.6) is 0 Å². The zero-order valence-corrected chi connectivity index (χ0v) is 15.1. The van der Waals surface area contributed by atoms with Gasteiger partial charge in [0, 0.05) is 5.56 Å². The Labute approximate surface area is 148 Å². The van der Waals surface area contributed by atoms with E-state index in [1.54, 1.807) is 11.3 Å². The van der Waals surface area contributed by atoms with Crippen LogP contribution >= 0.6 is 11.3 Å². The van der Waals surface area contributed by atoms with Crippen molar-refractivity contribution >= 4 is 17.2 Å². The lowest BCUT2D eigenvalue weighted by atomic mass is 9.95. The Hall–Kier alpha value is -2.09. The predicted molar refractivity (Wildman–Crippen MR) is 99.9 cm³/mol. The molecule has 0 aliphatic rings. The van der Waals surface area contributed by atoms with Gasteiger partial charge in [0.1, 0.15) is 6.04 Å². The van der Waals surface area contributed by atoms with Crippen LogP contribution < -0.4 is 10.6 Å². The number of benzene rings is 1. The highest BCUT2D eigenvalue weighted by atomic mass is 32.1. The van der Waals surface area contributed by atoms with Gasteiger partial charge in [0.25, 0.3) is 5.91 Å². The smallest absolute Gasteiger partial charge is 0.275 e. The van der Waals surface area contributed by atoms with Crippen molar-refractivity contribution in [3.05, 3.63) is 57.8 Å². The molecule has 3 N–H and O–H groups in total. The second-order valence-electron chi connectivity index (χ2n) is 5.89. The van der Waals surface area contributed by atoms with E-state index in [-0.39, 0.29) is 18.5 Å². The molecule has 0 saturated carbocycles. The number of thiophene rings is 1. The van der Waals surface area contributed by atoms with Gasteiger partial charge in [-0.1, -0.05) is 50.1 Å². The molecule has 0 saturated heterocycles. The van der Waals surface area contributed by atoms with Crippen LogP contribution in [0.1, 0.15) is 48.2 Å². The van der Waals surface area contributed by atoms with Gasteiger partial charge < -0.3 is 10.6 Å². The van der Waals surface area contributed by atoms with E-state index in [4.69, 9.17) is 6.42 Å². The largest absolute Gasteiger partial charge is 0.340 e. The van der Waals surface area contributed by atoms with Crippen molar-refractivity contribution in [3.8, 4) is 12.3 Å². The molecule has 1 aromatic heterocycles. The quantitative estimate of drug-likeness (QED) is 0.713. The maximum atomic E-state index is 11.9. The first-order chi connectivity index (χ1) is 11.7. The Bertz CT molecular complexity index is 671. The summed E-state index contributed by atoms with van der Waals surface area (Å²) in [5.74, 6) is 2.95. The van der Waals surface area contributed by atoms with Gasteiger partial charge in [-0.2, -0.15) is 0 Å². The fourth-order valence-corrected chi connectivity index (χ4v) is 3.45. The number of quaternary nitrogens is 1. The minimum Gasteiger partial charge on any atom is -0.340 e. The van der Waals surface area contributed by atoms with Crippen molar-refractivity contribution in [1.82, 2.24) is 5.32 Å². The number of nitrogens with one attached hydrogen (secondary N) is 1. The fraction of sp³-hybridized carbons (Fsp3) is 0.350. The molecule has 2 aromatic rings. The minimum absolute atomic E-state index is 0.0364. The maximum absolute atomic E-state index is 11.9. The van der Waals surface area contributed by atoms with Crippen LogP contribution in [0.25, 0.3) is 0 Å². The van der Waals surface area contributed by atoms with E-state index < -0.39 is 0 Å². The molecule has 2 atom stereocenters. The first-order valence-electron chi connectivity index (χ1n) is 8.32. The number of terminal acetylenes is 1. The van der Waals surface area contributed by atoms with E-state index in [0.717, 1.165) is 6.42 Å². The van der Waals surface area contributed by atoms with Crippen LogP contribution in [-0.2, 0) is 4.79 Å². The monoisotopic (exact) mass is 341 g/mol. The molecule has 24 heavy (non-hydrogen) atoms. The summed E-state index contributed by atoms with van der Waals surface area (Å²) in [6, 6.07) is 13.1. The van der Waals surface area contributed by atoms with Crippen LogP contribution in [0.4, 0.5) is 0 Å². The molecule has 3 nitrogen and oxygen atoms in total. The molecule has 0 bridgehead atoms. The molecule has 0 unspecified atom stereocenters. The molecular formula is C20H25N2OS+. The first-order valence-corrected chi connectivity index (χ1v) is 9.20. The van der Waals surface area contributed by atoms with Gasteiger partial charge in [-0.15, -0.1) is 17.8 Å². The molecule has 1 heterocycles. The van der Waals surface area contributed by atoms with Gasteiger partial charge in [-0.05, 0) is 29.3 Å². The minimum atomic E-state index is -0.0364. The van der Waals surface area contributed by atoms with Gasteiger partial charge >= 0.3 is 0 Å². The molecule has 0 radical (unpaired) electrons. The molecular weight excluding hydrogens is 316 g/mol. The fourth-order valence-electron chi connectivity index (χ4n) is 2.60. The number of hydrogen-bond donors (Lipinski definition) is 2. The van der Waals surface area contributed by atoms with Crippen LogP contribution in [0.15, 0.2) is 41.8 Å². The highest BCUT2D eigenvalue weighted by Gasteiger charge is 2.20. The lowest BCUT2D eigenvalue weighted by Crippen LogP contribution is -2.87. The normalized spacial score (nSPS) is 13.0. The Morgan fingerprint density at radius 3 is 2.58 bits per heavy atom. The number of carbonyl (C=O) groups excluding carboxylic acids is 1. The molecule has 126 valence electrons. The van der Waals surface area contributed by atoms with E-state index in [0.29, 0.717) is 12.5 Å². The molecule has 1 aromatic carbocycles. The van der Waals surface area contributed by atoms with Crippen molar-refractivity contribution in [2.75, 3.05) is 13.1 Å². The molecule has 0 spiro atoms. The Morgan fingerprint density at radius 1 is 1.29 bits per heavy atom. The van der Waals surface area contributed by atoms with Crippen molar-refractivity contribution in [2.24, 2.45) is 0 Å². The SMILES string of the molecule is C#CCNC(=O)C[NH2+][C@@H](c1ccc([C@@H](C)CC)cc1)c1cccs1. The van der Waals surface area contributed by atoms with E-state index in [1.165, 1.54) is 16.0 Å². The zero-order valence-electron chi connectivity index (χ0n) is 14.3. The van der Waals surface area contributed by atoms with Crippen LogP contribution in [0.2, 0.25) is 0 Å². The zero-order chi connectivity index (χ0) is 17.4. The van der Waals surface area contributed by atoms with E-state index >= 15 is 0 Å². The van der Waals surface area contributed by atoms with E-state index in [2.05, 4.69) is 66.1 Å². The van der Waals surface area contributed by atoms with E-state index in [9.17, 15) is 4.79 Å². The Kier molecular flexibility index (Phi) is 7.05. The highest BCUT2D eigenvalue weighted by Crippen LogP contribution is 2.25. The maximum Gasteiger partial charge on any atom is 0.275 e. The van der Waals surface area contributed by atoms with Gasteiger partial charge in [-0.25, -0.2) is 0 Å². The predicted octanol–water partition coefficient (Wildman–Crippen LogP) is 2.66. The summed E-state index contributed by atoms with van der Waals surface area (Å²) in [7, 11) is 0. The number of amides is 1. The van der Waals surface area contributed by atoms with Gasteiger partial charge in [0.15, 0.2) is 6.54 Å². The summed E-state index contributed by atoms with van der Waals surface area (Å²) in [5.41, 5.74) is 2.58. The summed E-state index contributed by atoms with van der Waals surface area (Å²) >= 11 is 1.72. The summed E-state index contributed by atoms with van der Waals surface area (Å²) in [6.07, 6.45) is 6.31. The number of rotatable bonds is 8.